The minimum Gasteiger partial charge on any atom is -0.494 e. The lowest BCUT2D eigenvalue weighted by Gasteiger charge is -2.14. The van der Waals surface area contributed by atoms with Gasteiger partial charge in [0.25, 0.3) is 11.8 Å². The van der Waals surface area contributed by atoms with Crippen LogP contribution in [0.15, 0.2) is 60.0 Å². The molecule has 3 N–H and O–H groups in total. The highest BCUT2D eigenvalue weighted by Gasteiger charge is 2.13. The fourth-order valence-corrected chi connectivity index (χ4v) is 3.69. The minimum atomic E-state index is -0.347. The molecule has 33 heavy (non-hydrogen) atoms. The number of amides is 2. The van der Waals surface area contributed by atoms with E-state index in [9.17, 15) is 9.59 Å². The first-order chi connectivity index (χ1) is 16.0. The second-order valence-corrected chi connectivity index (χ2v) is 8.34. The van der Waals surface area contributed by atoms with Crippen molar-refractivity contribution in [1.82, 2.24) is 5.32 Å². The van der Waals surface area contributed by atoms with E-state index in [1.54, 1.807) is 42.5 Å². The number of carbonyl (C=O) groups excluding carboxylic acids is 2. The zero-order valence-corrected chi connectivity index (χ0v) is 20.0. The molecular weight excluding hydrogens is 458 g/mol. The largest absolute Gasteiger partial charge is 0.494 e. The molecule has 0 radical (unpaired) electrons. The van der Waals surface area contributed by atoms with Gasteiger partial charge in [-0.25, -0.2) is 0 Å². The van der Waals surface area contributed by atoms with Gasteiger partial charge < -0.3 is 20.1 Å². The van der Waals surface area contributed by atoms with Crippen molar-refractivity contribution in [1.29, 1.82) is 0 Å². The maximum atomic E-state index is 12.6. The van der Waals surface area contributed by atoms with Crippen molar-refractivity contribution < 1.29 is 19.1 Å². The van der Waals surface area contributed by atoms with E-state index in [-0.39, 0.29) is 16.9 Å². The van der Waals surface area contributed by atoms with Crippen LogP contribution in [-0.4, -0.2) is 30.6 Å². The van der Waals surface area contributed by atoms with E-state index in [0.29, 0.717) is 39.9 Å². The number of nitrogens with one attached hydrogen (secondary N) is 3. The van der Waals surface area contributed by atoms with Crippen LogP contribution >= 0.6 is 23.6 Å². The predicted octanol–water partition coefficient (Wildman–Crippen LogP) is 5.31. The third kappa shape index (κ3) is 7.03. The second kappa shape index (κ2) is 12.0. The SMILES string of the molecule is CCCCOc1cccc(C(=O)NC(=S)Nc2ccc(NC(=O)c3cccs3)c(OC)c2)c1. The van der Waals surface area contributed by atoms with Crippen molar-refractivity contribution in [3.05, 3.63) is 70.4 Å². The van der Waals surface area contributed by atoms with E-state index in [1.165, 1.54) is 18.4 Å². The summed E-state index contributed by atoms with van der Waals surface area (Å²) >= 11 is 6.64. The quantitative estimate of drug-likeness (QED) is 0.282. The Morgan fingerprint density at radius 3 is 2.61 bits per heavy atom. The Hall–Kier alpha value is -3.43. The first kappa shape index (κ1) is 24.2. The second-order valence-electron chi connectivity index (χ2n) is 6.98. The number of ether oxygens (including phenoxy) is 2. The van der Waals surface area contributed by atoms with Crippen molar-refractivity contribution >= 4 is 51.9 Å². The van der Waals surface area contributed by atoms with Gasteiger partial charge in [0.1, 0.15) is 11.5 Å². The summed E-state index contributed by atoms with van der Waals surface area (Å²) in [6.07, 6.45) is 1.98. The predicted molar refractivity (Wildman–Crippen MR) is 136 cm³/mol. The Balaban J connectivity index is 1.60. The molecule has 0 aliphatic heterocycles. The van der Waals surface area contributed by atoms with E-state index >= 15 is 0 Å². The summed E-state index contributed by atoms with van der Waals surface area (Å²) < 4.78 is 11.0. The summed E-state index contributed by atoms with van der Waals surface area (Å²) in [5.41, 5.74) is 1.57. The Kier molecular flexibility index (Phi) is 8.79. The molecule has 1 aromatic heterocycles. The van der Waals surface area contributed by atoms with Crippen LogP contribution in [0.2, 0.25) is 0 Å². The van der Waals surface area contributed by atoms with E-state index in [4.69, 9.17) is 21.7 Å². The van der Waals surface area contributed by atoms with Gasteiger partial charge in [0.05, 0.1) is 24.3 Å². The molecule has 3 rings (SSSR count). The Bertz CT molecular complexity index is 1120. The normalized spacial score (nSPS) is 10.2. The highest BCUT2D eigenvalue weighted by molar-refractivity contribution is 7.80. The molecule has 0 aliphatic carbocycles. The average Bonchev–Trinajstić information content (AvgIpc) is 3.35. The molecule has 0 unspecified atom stereocenters. The number of unbranched alkanes of at least 4 members (excludes halogenated alkanes) is 1. The third-order valence-electron chi connectivity index (χ3n) is 4.54. The van der Waals surface area contributed by atoms with E-state index < -0.39 is 0 Å². The summed E-state index contributed by atoms with van der Waals surface area (Å²) in [6.45, 7) is 2.69. The molecule has 0 saturated heterocycles. The number of rotatable bonds is 9. The average molecular weight is 484 g/mol. The fourth-order valence-electron chi connectivity index (χ4n) is 2.86. The standard InChI is InChI=1S/C24H25N3O4S2/c1-3-4-12-31-18-8-5-7-16(14-18)22(28)27-24(32)25-17-10-11-19(20(15-17)30-2)26-23(29)21-9-6-13-33-21/h5-11,13-15H,3-4,12H2,1-2H3,(H,26,29)(H2,25,27,28,32). The number of hydrogen-bond donors (Lipinski definition) is 3. The molecule has 0 spiro atoms. The Morgan fingerprint density at radius 1 is 1.03 bits per heavy atom. The minimum absolute atomic E-state index is 0.134. The van der Waals surface area contributed by atoms with Crippen LogP contribution in [0.1, 0.15) is 39.8 Å². The lowest BCUT2D eigenvalue weighted by Crippen LogP contribution is -2.34. The maximum absolute atomic E-state index is 12.6. The topological polar surface area (TPSA) is 88.7 Å². The van der Waals surface area contributed by atoms with E-state index in [0.717, 1.165) is 12.8 Å². The van der Waals surface area contributed by atoms with Crippen molar-refractivity contribution in [3.63, 3.8) is 0 Å². The molecule has 0 atom stereocenters. The maximum Gasteiger partial charge on any atom is 0.265 e. The lowest BCUT2D eigenvalue weighted by molar-refractivity contribution is 0.0976. The number of hydrogen-bond acceptors (Lipinski definition) is 6. The molecule has 0 aliphatic rings. The molecule has 2 aromatic carbocycles. The van der Waals surface area contributed by atoms with Gasteiger partial charge in [-0.2, -0.15) is 0 Å². The van der Waals surface area contributed by atoms with Gasteiger partial charge in [-0.1, -0.05) is 25.5 Å². The monoisotopic (exact) mass is 483 g/mol. The smallest absolute Gasteiger partial charge is 0.265 e. The first-order valence-electron chi connectivity index (χ1n) is 10.4. The van der Waals surface area contributed by atoms with Gasteiger partial charge in [-0.05, 0) is 60.4 Å². The molecule has 7 nitrogen and oxygen atoms in total. The third-order valence-corrected chi connectivity index (χ3v) is 5.62. The molecule has 0 bridgehead atoms. The summed E-state index contributed by atoms with van der Waals surface area (Å²) in [7, 11) is 1.51. The molecule has 0 saturated carbocycles. The number of carbonyl (C=O) groups is 2. The van der Waals surface area contributed by atoms with Crippen LogP contribution in [0, 0.1) is 0 Å². The number of thiocarbonyl (C=S) groups is 1. The van der Waals surface area contributed by atoms with Crippen LogP contribution in [-0.2, 0) is 0 Å². The fraction of sp³-hybridized carbons (Fsp3) is 0.208. The lowest BCUT2D eigenvalue weighted by atomic mass is 10.2. The van der Waals surface area contributed by atoms with Crippen molar-refractivity contribution in [2.75, 3.05) is 24.4 Å². The van der Waals surface area contributed by atoms with Crippen molar-refractivity contribution in [3.8, 4) is 11.5 Å². The van der Waals surface area contributed by atoms with Gasteiger partial charge in [0.15, 0.2) is 5.11 Å². The number of anilines is 2. The summed E-state index contributed by atoms with van der Waals surface area (Å²) in [6, 6.07) is 15.6. The summed E-state index contributed by atoms with van der Waals surface area (Å²) in [4.78, 5) is 25.5. The zero-order valence-electron chi connectivity index (χ0n) is 18.3. The van der Waals surface area contributed by atoms with Crippen LogP contribution < -0.4 is 25.4 Å². The van der Waals surface area contributed by atoms with Gasteiger partial charge >= 0.3 is 0 Å². The van der Waals surface area contributed by atoms with E-state index in [2.05, 4.69) is 22.9 Å². The van der Waals surface area contributed by atoms with E-state index in [1.807, 2.05) is 17.5 Å². The number of thiophene rings is 1. The van der Waals surface area contributed by atoms with Gasteiger partial charge in [-0.3, -0.25) is 14.9 Å². The first-order valence-corrected chi connectivity index (χ1v) is 11.7. The number of methoxy groups -OCH3 is 1. The van der Waals surface area contributed by atoms with Gasteiger partial charge in [0.2, 0.25) is 0 Å². The zero-order chi connectivity index (χ0) is 23.6. The van der Waals surface area contributed by atoms with Crippen LogP contribution in [0.4, 0.5) is 11.4 Å². The summed E-state index contributed by atoms with van der Waals surface area (Å²) in [5, 5.41) is 10.4. The molecule has 9 heteroatoms. The molecular formula is C24H25N3O4S2. The highest BCUT2D eigenvalue weighted by atomic mass is 32.1. The van der Waals surface area contributed by atoms with Crippen LogP contribution in [0.3, 0.4) is 0 Å². The molecule has 0 fully saturated rings. The number of benzene rings is 2. The van der Waals surface area contributed by atoms with Gasteiger partial charge in [0, 0.05) is 17.3 Å². The van der Waals surface area contributed by atoms with Gasteiger partial charge in [-0.15, -0.1) is 11.3 Å². The Labute approximate surface area is 202 Å². The van der Waals surface area contributed by atoms with Crippen molar-refractivity contribution in [2.45, 2.75) is 19.8 Å². The summed E-state index contributed by atoms with van der Waals surface area (Å²) in [5.74, 6) is 0.531. The molecule has 2 amide bonds. The Morgan fingerprint density at radius 2 is 1.88 bits per heavy atom. The van der Waals surface area contributed by atoms with Crippen LogP contribution in [0.5, 0.6) is 11.5 Å². The van der Waals surface area contributed by atoms with Crippen LogP contribution in [0.25, 0.3) is 0 Å². The highest BCUT2D eigenvalue weighted by Crippen LogP contribution is 2.29. The molecule has 3 aromatic rings. The molecule has 172 valence electrons. The van der Waals surface area contributed by atoms with Crippen molar-refractivity contribution in [2.24, 2.45) is 0 Å². The molecule has 1 heterocycles.